The number of amides is 2. The zero-order chi connectivity index (χ0) is 18.9. The first-order valence-corrected chi connectivity index (χ1v) is 8.39. The smallest absolute Gasteiger partial charge is 0.251 e. The summed E-state index contributed by atoms with van der Waals surface area (Å²) in [5.41, 5.74) is 1.32. The standard InChI is InChI=1S/C18H29N5O2.HI/c1-6-20-17(22-12-15(24)23-18(2,3)4)21-11-13-7-9-14(10-8-13)16(25)19-5;/h7-10H,6,11-12H2,1-5H3,(H,19,25)(H,23,24)(H2,20,21,22);1H. The molecule has 0 aliphatic heterocycles. The zero-order valence-corrected chi connectivity index (χ0v) is 18.4. The van der Waals surface area contributed by atoms with Crippen molar-refractivity contribution in [2.45, 2.75) is 39.8 Å². The summed E-state index contributed by atoms with van der Waals surface area (Å²) in [7, 11) is 1.60. The van der Waals surface area contributed by atoms with Crippen LogP contribution in [0.2, 0.25) is 0 Å². The van der Waals surface area contributed by atoms with E-state index in [0.29, 0.717) is 24.6 Å². The number of carbonyl (C=O) groups is 2. The van der Waals surface area contributed by atoms with E-state index < -0.39 is 0 Å². The van der Waals surface area contributed by atoms with E-state index in [1.807, 2.05) is 39.8 Å². The van der Waals surface area contributed by atoms with E-state index in [-0.39, 0.29) is 47.9 Å². The highest BCUT2D eigenvalue weighted by Crippen LogP contribution is 2.05. The molecule has 1 aromatic carbocycles. The van der Waals surface area contributed by atoms with Crippen LogP contribution in [0.5, 0.6) is 0 Å². The van der Waals surface area contributed by atoms with Gasteiger partial charge in [0.25, 0.3) is 5.91 Å². The van der Waals surface area contributed by atoms with E-state index in [0.717, 1.165) is 5.56 Å². The van der Waals surface area contributed by atoms with Crippen molar-refractivity contribution in [1.29, 1.82) is 0 Å². The van der Waals surface area contributed by atoms with Crippen LogP contribution in [0.3, 0.4) is 0 Å². The first kappa shape index (κ1) is 24.2. The Balaban J connectivity index is 0.00000625. The van der Waals surface area contributed by atoms with Crippen molar-refractivity contribution in [3.8, 4) is 0 Å². The van der Waals surface area contributed by atoms with E-state index >= 15 is 0 Å². The van der Waals surface area contributed by atoms with Gasteiger partial charge in [0, 0.05) is 24.7 Å². The van der Waals surface area contributed by atoms with Crippen molar-refractivity contribution in [3.63, 3.8) is 0 Å². The highest BCUT2D eigenvalue weighted by Gasteiger charge is 2.13. The molecular weight excluding hydrogens is 445 g/mol. The molecule has 0 saturated carbocycles. The van der Waals surface area contributed by atoms with E-state index in [1.54, 1.807) is 19.2 Å². The minimum Gasteiger partial charge on any atom is -0.357 e. The lowest BCUT2D eigenvalue weighted by atomic mass is 10.1. The monoisotopic (exact) mass is 475 g/mol. The molecule has 0 spiro atoms. The van der Waals surface area contributed by atoms with Gasteiger partial charge in [-0.25, -0.2) is 4.99 Å². The van der Waals surface area contributed by atoms with Crippen LogP contribution in [-0.4, -0.2) is 43.5 Å². The second-order valence-corrected chi connectivity index (χ2v) is 6.62. The molecule has 1 rings (SSSR count). The average Bonchev–Trinajstić information content (AvgIpc) is 2.55. The number of benzene rings is 1. The summed E-state index contributed by atoms with van der Waals surface area (Å²) < 4.78 is 0. The second-order valence-electron chi connectivity index (χ2n) is 6.62. The summed E-state index contributed by atoms with van der Waals surface area (Å²) in [6, 6.07) is 7.26. The van der Waals surface area contributed by atoms with E-state index in [2.05, 4.69) is 26.3 Å². The van der Waals surface area contributed by atoms with Gasteiger partial charge in [-0.15, -0.1) is 24.0 Å². The molecule has 0 aromatic heterocycles. The van der Waals surface area contributed by atoms with Gasteiger partial charge < -0.3 is 21.3 Å². The minimum absolute atomic E-state index is 0. The average molecular weight is 475 g/mol. The predicted octanol–water partition coefficient (Wildman–Crippen LogP) is 1.63. The van der Waals surface area contributed by atoms with Crippen molar-refractivity contribution < 1.29 is 9.59 Å². The fraction of sp³-hybridized carbons (Fsp3) is 0.500. The third-order valence-electron chi connectivity index (χ3n) is 3.14. The lowest BCUT2D eigenvalue weighted by Gasteiger charge is -2.21. The normalized spacial score (nSPS) is 11.2. The zero-order valence-electron chi connectivity index (χ0n) is 16.1. The Bertz CT molecular complexity index is 609. The van der Waals surface area contributed by atoms with Gasteiger partial charge in [-0.2, -0.15) is 0 Å². The van der Waals surface area contributed by atoms with Crippen LogP contribution in [0.25, 0.3) is 0 Å². The van der Waals surface area contributed by atoms with Gasteiger partial charge in [-0.1, -0.05) is 12.1 Å². The Morgan fingerprint density at radius 2 is 1.69 bits per heavy atom. The Morgan fingerprint density at radius 1 is 1.08 bits per heavy atom. The topological polar surface area (TPSA) is 94.6 Å². The minimum atomic E-state index is -0.263. The maximum absolute atomic E-state index is 11.9. The first-order chi connectivity index (χ1) is 11.7. The number of nitrogens with zero attached hydrogens (tertiary/aromatic N) is 1. The maximum atomic E-state index is 11.9. The van der Waals surface area contributed by atoms with Crippen molar-refractivity contribution in [3.05, 3.63) is 35.4 Å². The number of rotatable bonds is 6. The first-order valence-electron chi connectivity index (χ1n) is 8.39. The number of aliphatic imine (C=N–C) groups is 1. The van der Waals surface area contributed by atoms with Gasteiger partial charge in [-0.05, 0) is 45.4 Å². The fourth-order valence-electron chi connectivity index (χ4n) is 2.04. The van der Waals surface area contributed by atoms with Crippen molar-refractivity contribution >= 4 is 41.8 Å². The maximum Gasteiger partial charge on any atom is 0.251 e. The summed E-state index contributed by atoms with van der Waals surface area (Å²) >= 11 is 0. The van der Waals surface area contributed by atoms with Gasteiger partial charge in [0.05, 0.1) is 13.1 Å². The van der Waals surface area contributed by atoms with Crippen molar-refractivity contribution in [2.24, 2.45) is 4.99 Å². The Kier molecular flexibility index (Phi) is 10.9. The summed E-state index contributed by atoms with van der Waals surface area (Å²) in [4.78, 5) is 27.9. The largest absolute Gasteiger partial charge is 0.357 e. The number of halogens is 1. The molecular formula is C18H30IN5O2. The highest BCUT2D eigenvalue weighted by molar-refractivity contribution is 14.0. The molecule has 8 heteroatoms. The molecule has 1 aromatic rings. The summed E-state index contributed by atoms with van der Waals surface area (Å²) in [6.07, 6.45) is 0. The van der Waals surface area contributed by atoms with Crippen LogP contribution >= 0.6 is 24.0 Å². The van der Waals surface area contributed by atoms with Crippen LogP contribution in [0.4, 0.5) is 0 Å². The molecule has 26 heavy (non-hydrogen) atoms. The van der Waals surface area contributed by atoms with Crippen LogP contribution in [0.1, 0.15) is 43.6 Å². The molecule has 0 radical (unpaired) electrons. The molecule has 0 aliphatic carbocycles. The Hall–Kier alpha value is -1.84. The fourth-order valence-corrected chi connectivity index (χ4v) is 2.04. The number of hydrogen-bond donors (Lipinski definition) is 4. The van der Waals surface area contributed by atoms with Gasteiger partial charge in [0.15, 0.2) is 5.96 Å². The molecule has 0 aliphatic rings. The summed E-state index contributed by atoms with van der Waals surface area (Å²) in [5, 5.41) is 11.6. The van der Waals surface area contributed by atoms with Crippen LogP contribution in [0, 0.1) is 0 Å². The summed E-state index contributed by atoms with van der Waals surface area (Å²) in [6.45, 7) is 9.07. The van der Waals surface area contributed by atoms with E-state index in [4.69, 9.17) is 0 Å². The van der Waals surface area contributed by atoms with Gasteiger partial charge >= 0.3 is 0 Å². The third kappa shape index (κ3) is 9.59. The molecule has 0 atom stereocenters. The summed E-state index contributed by atoms with van der Waals surface area (Å²) in [5.74, 6) is 0.366. The quantitative estimate of drug-likeness (QED) is 0.286. The molecule has 0 fully saturated rings. The number of hydrogen-bond acceptors (Lipinski definition) is 3. The second kappa shape index (κ2) is 11.7. The van der Waals surface area contributed by atoms with Gasteiger partial charge in [-0.3, -0.25) is 9.59 Å². The van der Waals surface area contributed by atoms with Gasteiger partial charge in [0.2, 0.25) is 5.91 Å². The molecule has 4 N–H and O–H groups in total. The van der Waals surface area contributed by atoms with Crippen LogP contribution in [-0.2, 0) is 11.3 Å². The molecule has 0 heterocycles. The van der Waals surface area contributed by atoms with Crippen LogP contribution < -0.4 is 21.3 Å². The van der Waals surface area contributed by atoms with Gasteiger partial charge in [0.1, 0.15) is 0 Å². The number of nitrogens with one attached hydrogen (secondary N) is 4. The predicted molar refractivity (Wildman–Crippen MR) is 116 cm³/mol. The van der Waals surface area contributed by atoms with Crippen molar-refractivity contribution in [2.75, 3.05) is 20.1 Å². The van der Waals surface area contributed by atoms with Crippen molar-refractivity contribution in [1.82, 2.24) is 21.3 Å². The molecule has 0 bridgehead atoms. The molecule has 7 nitrogen and oxygen atoms in total. The Morgan fingerprint density at radius 3 is 2.19 bits per heavy atom. The lowest BCUT2D eigenvalue weighted by Crippen LogP contribution is -2.48. The SMILES string of the molecule is CCNC(=NCc1ccc(C(=O)NC)cc1)NCC(=O)NC(C)(C)C.I. The van der Waals surface area contributed by atoms with Crippen LogP contribution in [0.15, 0.2) is 29.3 Å². The van der Waals surface area contributed by atoms with E-state index in [9.17, 15) is 9.59 Å². The highest BCUT2D eigenvalue weighted by atomic mass is 127. The lowest BCUT2D eigenvalue weighted by molar-refractivity contribution is -0.121. The molecule has 0 saturated heterocycles. The third-order valence-corrected chi connectivity index (χ3v) is 3.14. The number of carbonyl (C=O) groups excluding carboxylic acids is 2. The molecule has 146 valence electrons. The number of guanidine groups is 1. The molecule has 0 unspecified atom stereocenters. The molecule has 2 amide bonds. The van der Waals surface area contributed by atoms with E-state index in [1.165, 1.54) is 0 Å². The Labute approximate surface area is 172 Å².